The smallest absolute Gasteiger partial charge is 0.269 e. The van der Waals surface area contributed by atoms with Crippen molar-refractivity contribution in [1.29, 1.82) is 0 Å². The Balaban J connectivity index is 1.32. The van der Waals surface area contributed by atoms with Gasteiger partial charge in [0.15, 0.2) is 17.3 Å². The highest BCUT2D eigenvalue weighted by molar-refractivity contribution is 7.90. The number of nitrogens with one attached hydrogen (secondary N) is 1. The van der Waals surface area contributed by atoms with Crippen molar-refractivity contribution in [3.05, 3.63) is 148 Å². The number of halogens is 2. The van der Waals surface area contributed by atoms with Crippen LogP contribution in [0.1, 0.15) is 35.3 Å². The van der Waals surface area contributed by atoms with E-state index in [2.05, 4.69) is 10.3 Å². The van der Waals surface area contributed by atoms with E-state index in [0.717, 1.165) is 16.1 Å². The van der Waals surface area contributed by atoms with E-state index >= 15 is 0 Å². The van der Waals surface area contributed by atoms with Crippen LogP contribution in [0.4, 0.5) is 8.78 Å². The van der Waals surface area contributed by atoms with Crippen molar-refractivity contribution in [2.75, 3.05) is 0 Å². The molecule has 9 nitrogen and oxygen atoms in total. The largest absolute Gasteiger partial charge is 0.491 e. The van der Waals surface area contributed by atoms with E-state index in [1.54, 1.807) is 48.5 Å². The molecule has 3 aromatic heterocycles. The van der Waals surface area contributed by atoms with E-state index in [9.17, 15) is 26.8 Å². The summed E-state index contributed by atoms with van der Waals surface area (Å²) in [6, 6.07) is 23.2. The lowest BCUT2D eigenvalue weighted by Gasteiger charge is -2.14. The number of amides is 1. The molecule has 0 aliphatic rings. The Kier molecular flexibility index (Phi) is 8.92. The number of aromatic nitrogens is 3. The summed E-state index contributed by atoms with van der Waals surface area (Å²) in [5.74, 6) is -2.16. The van der Waals surface area contributed by atoms with Gasteiger partial charge in [-0.05, 0) is 97.3 Å². The van der Waals surface area contributed by atoms with Gasteiger partial charge in [0.1, 0.15) is 11.3 Å². The van der Waals surface area contributed by atoms with Crippen LogP contribution < -0.4 is 15.6 Å². The molecule has 1 amide bonds. The van der Waals surface area contributed by atoms with Crippen LogP contribution in [0.5, 0.6) is 5.75 Å². The van der Waals surface area contributed by atoms with Crippen molar-refractivity contribution in [1.82, 2.24) is 18.8 Å². The summed E-state index contributed by atoms with van der Waals surface area (Å²) in [6.07, 6.45) is 4.33. The highest BCUT2D eigenvalue weighted by atomic mass is 32.2. The predicted molar refractivity (Wildman–Crippen MR) is 177 cm³/mol. The van der Waals surface area contributed by atoms with E-state index in [4.69, 9.17) is 4.74 Å². The third kappa shape index (κ3) is 6.60. The van der Waals surface area contributed by atoms with Crippen LogP contribution in [0.2, 0.25) is 0 Å². The number of fused-ring (bicyclic) bond motifs is 1. The number of hydrogen-bond donors (Lipinski definition) is 1. The minimum absolute atomic E-state index is 0.0117. The van der Waals surface area contributed by atoms with Crippen LogP contribution in [0, 0.1) is 11.6 Å². The van der Waals surface area contributed by atoms with E-state index in [1.165, 1.54) is 53.5 Å². The molecule has 0 saturated carbocycles. The predicted octanol–water partition coefficient (Wildman–Crippen LogP) is 6.15. The molecule has 48 heavy (non-hydrogen) atoms. The summed E-state index contributed by atoms with van der Waals surface area (Å²) < 4.78 is 62.8. The van der Waals surface area contributed by atoms with Crippen LogP contribution in [0.15, 0.2) is 119 Å². The number of carbonyl (C=O) groups excluding carboxylic acids is 1. The number of pyridine rings is 2. The van der Waals surface area contributed by atoms with Crippen LogP contribution in [0.3, 0.4) is 0 Å². The van der Waals surface area contributed by atoms with Gasteiger partial charge in [0.25, 0.3) is 21.5 Å². The Hall–Kier alpha value is -5.62. The summed E-state index contributed by atoms with van der Waals surface area (Å²) >= 11 is 0. The van der Waals surface area contributed by atoms with Gasteiger partial charge in [0.2, 0.25) is 0 Å². The lowest BCUT2D eigenvalue weighted by Crippen LogP contribution is -2.32. The Morgan fingerprint density at radius 2 is 1.71 bits per heavy atom. The molecule has 0 saturated heterocycles. The summed E-state index contributed by atoms with van der Waals surface area (Å²) in [4.78, 5) is 30.9. The lowest BCUT2D eigenvalue weighted by molar-refractivity contribution is 0.0948. The minimum Gasteiger partial charge on any atom is -0.491 e. The van der Waals surface area contributed by atoms with E-state index in [-0.39, 0.29) is 35.3 Å². The molecule has 6 aromatic rings. The number of nitrogens with zero attached hydrogens (tertiary/aromatic N) is 3. The normalized spacial score (nSPS) is 11.6. The number of ether oxygens (including phenoxy) is 1. The van der Waals surface area contributed by atoms with Gasteiger partial charge >= 0.3 is 0 Å². The molecule has 3 aromatic carbocycles. The molecule has 0 fully saturated rings. The molecule has 0 atom stereocenters. The molecule has 0 bridgehead atoms. The second kappa shape index (κ2) is 13.2. The minimum atomic E-state index is -3.98. The van der Waals surface area contributed by atoms with Gasteiger partial charge in [0, 0.05) is 36.1 Å². The summed E-state index contributed by atoms with van der Waals surface area (Å²) in [7, 11) is -3.98. The van der Waals surface area contributed by atoms with Crippen molar-refractivity contribution < 1.29 is 26.7 Å². The van der Waals surface area contributed by atoms with Gasteiger partial charge in [-0.25, -0.2) is 26.2 Å². The molecule has 0 aliphatic carbocycles. The zero-order chi connectivity index (χ0) is 34.0. The standard InChI is InChI=1S/C36H30F2N4O5S/c1-23(2)47-27-17-25(20-40-35(43)30-11-7-15-41(36(30)44)21-24-12-13-32(37)33(38)18-24)16-26(19-27)31-22-42(34-29(31)10-6-14-39-34)48(45,46)28-8-4-3-5-9-28/h3-19,22-23H,20-21H2,1-2H3,(H,40,43). The molecule has 3 heterocycles. The Bertz CT molecular complexity index is 2320. The first-order valence-electron chi connectivity index (χ1n) is 15.0. The lowest BCUT2D eigenvalue weighted by atomic mass is 10.0. The second-order valence-electron chi connectivity index (χ2n) is 11.3. The van der Waals surface area contributed by atoms with Crippen LogP contribution in [-0.4, -0.2) is 34.0 Å². The average Bonchev–Trinajstić information content (AvgIpc) is 3.47. The molecular weight excluding hydrogens is 638 g/mol. The zero-order valence-electron chi connectivity index (χ0n) is 25.9. The first-order chi connectivity index (χ1) is 23.0. The number of rotatable bonds is 10. The molecule has 0 spiro atoms. The zero-order valence-corrected chi connectivity index (χ0v) is 26.7. The first kappa shape index (κ1) is 32.3. The number of benzene rings is 3. The van der Waals surface area contributed by atoms with Crippen molar-refractivity contribution in [2.24, 2.45) is 0 Å². The maximum absolute atomic E-state index is 13.7. The molecule has 0 aliphatic heterocycles. The molecule has 6 rings (SSSR count). The van der Waals surface area contributed by atoms with Crippen molar-refractivity contribution in [3.8, 4) is 16.9 Å². The fourth-order valence-corrected chi connectivity index (χ4v) is 6.70. The molecule has 0 unspecified atom stereocenters. The fourth-order valence-electron chi connectivity index (χ4n) is 5.35. The van der Waals surface area contributed by atoms with Gasteiger partial charge in [-0.1, -0.05) is 24.3 Å². The summed E-state index contributed by atoms with van der Waals surface area (Å²) in [6.45, 7) is 3.70. The summed E-state index contributed by atoms with van der Waals surface area (Å²) in [5, 5.41) is 3.38. The van der Waals surface area contributed by atoms with Crippen molar-refractivity contribution in [3.63, 3.8) is 0 Å². The third-order valence-electron chi connectivity index (χ3n) is 7.54. The van der Waals surface area contributed by atoms with Crippen LogP contribution in [0.25, 0.3) is 22.2 Å². The van der Waals surface area contributed by atoms with Crippen molar-refractivity contribution >= 4 is 27.0 Å². The Labute approximate surface area is 275 Å². The number of carbonyl (C=O) groups is 1. The third-order valence-corrected chi connectivity index (χ3v) is 9.20. The molecule has 1 N–H and O–H groups in total. The van der Waals surface area contributed by atoms with E-state index in [1.807, 2.05) is 13.8 Å². The van der Waals surface area contributed by atoms with Crippen molar-refractivity contribution in [2.45, 2.75) is 37.9 Å². The molecule has 12 heteroatoms. The maximum atomic E-state index is 13.7. The average molecular weight is 669 g/mol. The van der Waals surface area contributed by atoms with Gasteiger partial charge in [-0.2, -0.15) is 0 Å². The van der Waals surface area contributed by atoms with Crippen LogP contribution >= 0.6 is 0 Å². The van der Waals surface area contributed by atoms with E-state index in [0.29, 0.717) is 33.4 Å². The first-order valence-corrected chi connectivity index (χ1v) is 16.4. The number of hydrogen-bond acceptors (Lipinski definition) is 6. The van der Waals surface area contributed by atoms with Gasteiger partial charge in [-0.3, -0.25) is 9.59 Å². The van der Waals surface area contributed by atoms with Crippen LogP contribution in [-0.2, 0) is 23.1 Å². The summed E-state index contributed by atoms with van der Waals surface area (Å²) in [5.41, 5.74) is 1.73. The van der Waals surface area contributed by atoms with Gasteiger partial charge in [0.05, 0.1) is 17.5 Å². The highest BCUT2D eigenvalue weighted by Crippen LogP contribution is 2.35. The Morgan fingerprint density at radius 1 is 0.917 bits per heavy atom. The van der Waals surface area contributed by atoms with Gasteiger partial charge < -0.3 is 14.6 Å². The monoisotopic (exact) mass is 668 g/mol. The maximum Gasteiger partial charge on any atom is 0.269 e. The molecule has 0 radical (unpaired) electrons. The van der Waals surface area contributed by atoms with E-state index < -0.39 is 33.1 Å². The second-order valence-corrected chi connectivity index (χ2v) is 13.2. The quantitative estimate of drug-likeness (QED) is 0.188. The van der Waals surface area contributed by atoms with Gasteiger partial charge in [-0.15, -0.1) is 0 Å². The Morgan fingerprint density at radius 3 is 2.46 bits per heavy atom. The fraction of sp³-hybridized carbons (Fsp3) is 0.139. The SMILES string of the molecule is CC(C)Oc1cc(CNC(=O)c2cccn(Cc3ccc(F)c(F)c3)c2=O)cc(-c2cn(S(=O)(=O)c3ccccc3)c3ncccc23)c1. The molecule has 244 valence electrons. The highest BCUT2D eigenvalue weighted by Gasteiger charge is 2.23. The topological polar surface area (TPSA) is 112 Å². The molecular formula is C36H30F2N4O5S.